The lowest BCUT2D eigenvalue weighted by molar-refractivity contribution is 0.149. The molecule has 2 aliphatic carbocycles. The van der Waals surface area contributed by atoms with E-state index in [2.05, 4.69) is 15.6 Å². The number of rotatable bonds is 5. The van der Waals surface area contributed by atoms with Crippen LogP contribution in [0, 0.1) is 11.8 Å². The molecule has 0 aliphatic heterocycles. The van der Waals surface area contributed by atoms with Crippen molar-refractivity contribution in [2.45, 2.75) is 57.1 Å². The highest BCUT2D eigenvalue weighted by atomic mass is 16.3. The van der Waals surface area contributed by atoms with E-state index in [1.807, 2.05) is 0 Å². The summed E-state index contributed by atoms with van der Waals surface area (Å²) in [4.78, 5) is 25.7. The lowest BCUT2D eigenvalue weighted by Gasteiger charge is -2.28. The quantitative estimate of drug-likeness (QED) is 0.528. The Morgan fingerprint density at radius 2 is 1.95 bits per heavy atom. The summed E-state index contributed by atoms with van der Waals surface area (Å²) in [6.07, 6.45) is 8.10. The van der Waals surface area contributed by atoms with Gasteiger partial charge in [0.25, 0.3) is 0 Å². The molecule has 0 aromatic heterocycles. The molecule has 21 heavy (non-hydrogen) atoms. The number of urea groups is 1. The Morgan fingerprint density at radius 1 is 1.19 bits per heavy atom. The van der Waals surface area contributed by atoms with E-state index >= 15 is 0 Å². The molecule has 4 unspecified atom stereocenters. The van der Waals surface area contributed by atoms with Crippen LogP contribution in [0.25, 0.3) is 0 Å². The van der Waals surface area contributed by atoms with Gasteiger partial charge in [-0.2, -0.15) is 0 Å². The smallest absolute Gasteiger partial charge is 0.315 e. The van der Waals surface area contributed by atoms with Crippen LogP contribution in [0.1, 0.15) is 44.9 Å². The van der Waals surface area contributed by atoms with Gasteiger partial charge in [-0.25, -0.2) is 14.6 Å². The first-order chi connectivity index (χ1) is 10.2. The maximum atomic E-state index is 11.8. The number of hydrogen-bond donors (Lipinski definition) is 3. The largest absolute Gasteiger partial charge is 0.391 e. The molecule has 0 spiro atoms. The van der Waals surface area contributed by atoms with Gasteiger partial charge in [-0.15, -0.1) is 0 Å². The topological polar surface area (TPSA) is 90.8 Å². The number of carbonyl (C=O) groups excluding carboxylic acids is 2. The van der Waals surface area contributed by atoms with Gasteiger partial charge >= 0.3 is 6.03 Å². The van der Waals surface area contributed by atoms with Crippen molar-refractivity contribution in [2.24, 2.45) is 16.8 Å². The van der Waals surface area contributed by atoms with E-state index in [1.165, 1.54) is 0 Å². The number of amides is 2. The molecule has 118 valence electrons. The number of aliphatic hydroxyl groups is 1. The van der Waals surface area contributed by atoms with Crippen molar-refractivity contribution < 1.29 is 14.7 Å². The van der Waals surface area contributed by atoms with Crippen molar-refractivity contribution in [3.8, 4) is 0 Å². The first kappa shape index (κ1) is 16.0. The molecule has 2 amide bonds. The Labute approximate surface area is 125 Å². The summed E-state index contributed by atoms with van der Waals surface area (Å²) in [6, 6.07) is -0.292. The Morgan fingerprint density at radius 3 is 2.67 bits per heavy atom. The number of aliphatic imine (C=N–C) groups is 1. The molecule has 0 radical (unpaired) electrons. The molecule has 0 bridgehead atoms. The molecule has 0 heterocycles. The predicted molar refractivity (Wildman–Crippen MR) is 78.6 cm³/mol. The van der Waals surface area contributed by atoms with Crippen molar-refractivity contribution in [1.29, 1.82) is 0 Å². The number of aliphatic hydroxyl groups excluding tert-OH is 1. The molecule has 0 aromatic carbocycles. The molecule has 3 N–H and O–H groups in total. The first-order valence-corrected chi connectivity index (χ1v) is 7.95. The van der Waals surface area contributed by atoms with Gasteiger partial charge < -0.3 is 15.7 Å². The summed E-state index contributed by atoms with van der Waals surface area (Å²) in [5, 5.41) is 15.4. The van der Waals surface area contributed by atoms with Gasteiger partial charge in [-0.3, -0.25) is 0 Å². The van der Waals surface area contributed by atoms with Crippen LogP contribution in [0.2, 0.25) is 0 Å². The maximum absolute atomic E-state index is 11.8. The average Bonchev–Trinajstić information content (AvgIpc) is 2.89. The normalized spacial score (nSPS) is 32.2. The van der Waals surface area contributed by atoms with Crippen LogP contribution in [-0.2, 0) is 4.79 Å². The summed E-state index contributed by atoms with van der Waals surface area (Å²) < 4.78 is 0. The molecule has 2 saturated carbocycles. The SMILES string of the molecule is O=C=NCC1CCCC(CNC(=O)NC2CCCC2O)C1. The molecule has 2 rings (SSSR count). The fraction of sp³-hybridized carbons (Fsp3) is 0.867. The lowest BCUT2D eigenvalue weighted by atomic mass is 9.81. The molecule has 0 saturated heterocycles. The van der Waals surface area contributed by atoms with Crippen LogP contribution < -0.4 is 10.6 Å². The highest BCUT2D eigenvalue weighted by Crippen LogP contribution is 2.28. The number of hydrogen-bond acceptors (Lipinski definition) is 4. The van der Waals surface area contributed by atoms with Gasteiger partial charge in [-0.05, 0) is 50.4 Å². The Kier molecular flexibility index (Phi) is 6.21. The summed E-state index contributed by atoms with van der Waals surface area (Å²) in [6.45, 7) is 1.20. The van der Waals surface area contributed by atoms with Crippen molar-refractivity contribution in [3.63, 3.8) is 0 Å². The lowest BCUT2D eigenvalue weighted by Crippen LogP contribution is -2.46. The fourth-order valence-corrected chi connectivity index (χ4v) is 3.49. The van der Waals surface area contributed by atoms with Gasteiger partial charge in [0.15, 0.2) is 0 Å². The standard InChI is InChI=1S/C15H25N3O3/c19-10-16-8-11-3-1-4-12(7-11)9-17-15(21)18-13-5-2-6-14(13)20/h11-14,20H,1-9H2,(H2,17,18,21). The predicted octanol–water partition coefficient (Wildman–Crippen LogP) is 1.34. The minimum Gasteiger partial charge on any atom is -0.391 e. The van der Waals surface area contributed by atoms with E-state index in [9.17, 15) is 14.7 Å². The van der Waals surface area contributed by atoms with E-state index in [4.69, 9.17) is 0 Å². The van der Waals surface area contributed by atoms with Crippen molar-refractivity contribution in [1.82, 2.24) is 10.6 Å². The van der Waals surface area contributed by atoms with E-state index in [1.54, 1.807) is 6.08 Å². The molecule has 4 atom stereocenters. The fourth-order valence-electron chi connectivity index (χ4n) is 3.49. The summed E-state index contributed by atoms with van der Waals surface area (Å²) in [7, 11) is 0. The van der Waals surface area contributed by atoms with Crippen molar-refractivity contribution in [3.05, 3.63) is 0 Å². The monoisotopic (exact) mass is 295 g/mol. The average molecular weight is 295 g/mol. The minimum absolute atomic E-state index is 0.106. The van der Waals surface area contributed by atoms with Gasteiger partial charge in [0.1, 0.15) is 0 Å². The highest BCUT2D eigenvalue weighted by molar-refractivity contribution is 5.74. The summed E-state index contributed by atoms with van der Waals surface area (Å²) >= 11 is 0. The van der Waals surface area contributed by atoms with Gasteiger partial charge in [0.2, 0.25) is 6.08 Å². The summed E-state index contributed by atoms with van der Waals surface area (Å²) in [5.74, 6) is 0.886. The second kappa shape index (κ2) is 8.15. The molecule has 6 heteroatoms. The highest BCUT2D eigenvalue weighted by Gasteiger charge is 2.27. The van der Waals surface area contributed by atoms with Crippen LogP contribution in [0.3, 0.4) is 0 Å². The zero-order valence-corrected chi connectivity index (χ0v) is 12.4. The Balaban J connectivity index is 1.67. The second-order valence-corrected chi connectivity index (χ2v) is 6.29. The van der Waals surface area contributed by atoms with Crippen LogP contribution >= 0.6 is 0 Å². The van der Waals surface area contributed by atoms with Crippen molar-refractivity contribution in [2.75, 3.05) is 13.1 Å². The number of nitrogens with zero attached hydrogens (tertiary/aromatic N) is 1. The Hall–Kier alpha value is -1.39. The van der Waals surface area contributed by atoms with E-state index < -0.39 is 6.10 Å². The third kappa shape index (κ3) is 5.14. The van der Waals surface area contributed by atoms with Gasteiger partial charge in [-0.1, -0.05) is 6.42 Å². The van der Waals surface area contributed by atoms with Crippen LogP contribution in [0.5, 0.6) is 0 Å². The molecule has 2 fully saturated rings. The zero-order chi connectivity index (χ0) is 15.1. The van der Waals surface area contributed by atoms with Gasteiger partial charge in [0, 0.05) is 6.54 Å². The minimum atomic E-state index is -0.406. The van der Waals surface area contributed by atoms with Crippen LogP contribution in [-0.4, -0.2) is 42.5 Å². The molecule has 2 aliphatic rings. The van der Waals surface area contributed by atoms with Gasteiger partial charge in [0.05, 0.1) is 18.7 Å². The number of carbonyl (C=O) groups is 1. The molecular weight excluding hydrogens is 270 g/mol. The van der Waals surface area contributed by atoms with E-state index in [0.29, 0.717) is 24.9 Å². The third-order valence-corrected chi connectivity index (χ3v) is 4.65. The van der Waals surface area contributed by atoms with E-state index in [0.717, 1.165) is 44.9 Å². The van der Waals surface area contributed by atoms with Crippen molar-refractivity contribution >= 4 is 12.1 Å². The van der Waals surface area contributed by atoms with Crippen LogP contribution in [0.4, 0.5) is 4.79 Å². The molecule has 0 aromatic rings. The summed E-state index contributed by atoms with van der Waals surface area (Å²) in [5.41, 5.74) is 0. The third-order valence-electron chi connectivity index (χ3n) is 4.65. The number of nitrogens with one attached hydrogen (secondary N) is 2. The molecule has 6 nitrogen and oxygen atoms in total. The molecular formula is C15H25N3O3. The zero-order valence-electron chi connectivity index (χ0n) is 12.4. The Bertz CT molecular complexity index is 396. The second-order valence-electron chi connectivity index (χ2n) is 6.29. The maximum Gasteiger partial charge on any atom is 0.315 e. The first-order valence-electron chi connectivity index (χ1n) is 7.95. The number of isocyanates is 1. The van der Waals surface area contributed by atoms with Crippen LogP contribution in [0.15, 0.2) is 4.99 Å². The van der Waals surface area contributed by atoms with E-state index in [-0.39, 0.29) is 12.1 Å².